The van der Waals surface area contributed by atoms with Gasteiger partial charge in [-0.05, 0) is 30.3 Å². The number of rotatable bonds is 4. The predicted molar refractivity (Wildman–Crippen MR) is 107 cm³/mol. The first-order valence-electron chi connectivity index (χ1n) is 10.2. The van der Waals surface area contributed by atoms with E-state index in [2.05, 4.69) is 10.1 Å². The largest absolute Gasteiger partial charge is 0.416 e. The zero-order chi connectivity index (χ0) is 24.5. The molecule has 180 valence electrons. The molecule has 0 N–H and O–H groups in total. The van der Waals surface area contributed by atoms with Gasteiger partial charge >= 0.3 is 12.4 Å². The average molecular weight is 484 g/mol. The Balaban J connectivity index is 1.36. The van der Waals surface area contributed by atoms with Crippen molar-refractivity contribution in [3.05, 3.63) is 71.1 Å². The Bertz CT molecular complexity index is 1170. The lowest BCUT2D eigenvalue weighted by atomic mass is 10.1. The number of hydrogen-bond acceptors (Lipinski definition) is 5. The molecule has 1 aliphatic rings. The first-order valence-corrected chi connectivity index (χ1v) is 10.2. The van der Waals surface area contributed by atoms with Gasteiger partial charge in [-0.2, -0.15) is 31.3 Å². The number of benzene rings is 2. The molecule has 12 heteroatoms. The van der Waals surface area contributed by atoms with Gasteiger partial charge in [-0.25, -0.2) is 0 Å². The van der Waals surface area contributed by atoms with Crippen LogP contribution in [0.1, 0.15) is 27.4 Å². The number of alkyl halides is 6. The second kappa shape index (κ2) is 9.09. The third-order valence-corrected chi connectivity index (χ3v) is 5.37. The molecule has 34 heavy (non-hydrogen) atoms. The van der Waals surface area contributed by atoms with Crippen molar-refractivity contribution in [1.29, 1.82) is 0 Å². The van der Waals surface area contributed by atoms with Crippen molar-refractivity contribution in [2.75, 3.05) is 26.2 Å². The zero-order valence-electron chi connectivity index (χ0n) is 17.5. The van der Waals surface area contributed by atoms with Crippen molar-refractivity contribution in [2.45, 2.75) is 18.9 Å². The van der Waals surface area contributed by atoms with E-state index in [1.807, 2.05) is 4.90 Å². The van der Waals surface area contributed by atoms with E-state index in [1.165, 1.54) is 29.2 Å². The molecule has 0 atom stereocenters. The van der Waals surface area contributed by atoms with Crippen LogP contribution >= 0.6 is 0 Å². The molecule has 1 amide bonds. The highest BCUT2D eigenvalue weighted by atomic mass is 19.4. The SMILES string of the molecule is O=C(c1cccc(C(F)(F)F)c1)N1CCN(Cc2nc(-c3cccc(C(F)(F)F)c3)no2)CC1. The molecule has 4 rings (SSSR count). The van der Waals surface area contributed by atoms with Gasteiger partial charge in [0, 0.05) is 37.3 Å². The number of carbonyl (C=O) groups excluding carboxylic acids is 1. The molecule has 1 aromatic heterocycles. The second-order valence-corrected chi connectivity index (χ2v) is 7.74. The summed E-state index contributed by atoms with van der Waals surface area (Å²) >= 11 is 0. The highest BCUT2D eigenvalue weighted by Gasteiger charge is 2.32. The minimum absolute atomic E-state index is 0.0273. The Hall–Kier alpha value is -3.41. The van der Waals surface area contributed by atoms with Crippen LogP contribution < -0.4 is 0 Å². The van der Waals surface area contributed by atoms with Gasteiger partial charge in [0.2, 0.25) is 11.7 Å². The van der Waals surface area contributed by atoms with Crippen LogP contribution in [-0.4, -0.2) is 52.0 Å². The highest BCUT2D eigenvalue weighted by Crippen LogP contribution is 2.32. The summed E-state index contributed by atoms with van der Waals surface area (Å²) in [6.45, 7) is 1.60. The minimum atomic E-state index is -4.54. The summed E-state index contributed by atoms with van der Waals surface area (Å²) in [4.78, 5) is 20.1. The molecule has 1 aliphatic heterocycles. The lowest BCUT2D eigenvalue weighted by molar-refractivity contribution is -0.138. The molecule has 2 heterocycles. The standard InChI is InChI=1S/C22H18F6N4O2/c23-21(24,25)16-5-1-3-14(11-16)19-29-18(34-30-19)13-31-7-9-32(10-8-31)20(33)15-4-2-6-17(12-15)22(26,27)28/h1-6,11-12H,7-10,13H2. The van der Waals surface area contributed by atoms with E-state index >= 15 is 0 Å². The zero-order valence-corrected chi connectivity index (χ0v) is 17.5. The van der Waals surface area contributed by atoms with E-state index in [9.17, 15) is 31.1 Å². The van der Waals surface area contributed by atoms with E-state index < -0.39 is 29.4 Å². The predicted octanol–water partition coefficient (Wildman–Crippen LogP) is 4.73. The van der Waals surface area contributed by atoms with Crippen LogP contribution in [-0.2, 0) is 18.9 Å². The minimum Gasteiger partial charge on any atom is -0.338 e. The van der Waals surface area contributed by atoms with Crippen molar-refractivity contribution >= 4 is 5.91 Å². The van der Waals surface area contributed by atoms with Crippen LogP contribution in [0.5, 0.6) is 0 Å². The third kappa shape index (κ3) is 5.38. The van der Waals surface area contributed by atoms with E-state index in [0.717, 1.165) is 24.3 Å². The van der Waals surface area contributed by atoms with Crippen LogP contribution in [0.2, 0.25) is 0 Å². The first-order chi connectivity index (χ1) is 16.0. The summed E-state index contributed by atoms with van der Waals surface area (Å²) in [7, 11) is 0. The maximum atomic E-state index is 12.9. The Morgan fingerprint density at radius 3 is 2.15 bits per heavy atom. The highest BCUT2D eigenvalue weighted by molar-refractivity contribution is 5.94. The molecule has 0 bridgehead atoms. The molecule has 0 radical (unpaired) electrons. The van der Waals surface area contributed by atoms with Gasteiger partial charge in [0.1, 0.15) is 0 Å². The number of aromatic nitrogens is 2. The van der Waals surface area contributed by atoms with Gasteiger partial charge < -0.3 is 9.42 Å². The van der Waals surface area contributed by atoms with Crippen LogP contribution in [0, 0.1) is 0 Å². The maximum Gasteiger partial charge on any atom is 0.416 e. The van der Waals surface area contributed by atoms with Crippen LogP contribution in [0.15, 0.2) is 53.1 Å². The molecule has 3 aromatic rings. The Morgan fingerprint density at radius 2 is 1.50 bits per heavy atom. The summed E-state index contributed by atoms with van der Waals surface area (Å²) in [6.07, 6.45) is -9.03. The molecule has 1 fully saturated rings. The van der Waals surface area contributed by atoms with Gasteiger partial charge in [0.25, 0.3) is 5.91 Å². The molecular formula is C22H18F6N4O2. The Morgan fingerprint density at radius 1 is 0.882 bits per heavy atom. The van der Waals surface area contributed by atoms with Crippen LogP contribution in [0.4, 0.5) is 26.3 Å². The number of piperazine rings is 1. The van der Waals surface area contributed by atoms with Crippen LogP contribution in [0.3, 0.4) is 0 Å². The lowest BCUT2D eigenvalue weighted by Crippen LogP contribution is -2.48. The summed E-state index contributed by atoms with van der Waals surface area (Å²) < 4.78 is 82.7. The van der Waals surface area contributed by atoms with Gasteiger partial charge in [0.05, 0.1) is 17.7 Å². The molecule has 0 unspecified atom stereocenters. The summed E-state index contributed by atoms with van der Waals surface area (Å²) in [5.74, 6) is -0.264. The molecular weight excluding hydrogens is 466 g/mol. The van der Waals surface area contributed by atoms with E-state index in [4.69, 9.17) is 4.52 Å². The molecule has 2 aromatic carbocycles. The lowest BCUT2D eigenvalue weighted by Gasteiger charge is -2.34. The monoisotopic (exact) mass is 484 g/mol. The van der Waals surface area contributed by atoms with Gasteiger partial charge in [-0.3, -0.25) is 9.69 Å². The van der Waals surface area contributed by atoms with Crippen molar-refractivity contribution in [3.8, 4) is 11.4 Å². The fourth-order valence-electron chi connectivity index (χ4n) is 3.58. The smallest absolute Gasteiger partial charge is 0.338 e. The maximum absolute atomic E-state index is 12.9. The van der Waals surface area contributed by atoms with Gasteiger partial charge in [-0.1, -0.05) is 23.4 Å². The van der Waals surface area contributed by atoms with Crippen molar-refractivity contribution in [1.82, 2.24) is 19.9 Å². The quantitative estimate of drug-likeness (QED) is 0.501. The molecule has 0 saturated carbocycles. The van der Waals surface area contributed by atoms with E-state index in [-0.39, 0.29) is 42.5 Å². The average Bonchev–Trinajstić information content (AvgIpc) is 3.27. The van der Waals surface area contributed by atoms with Crippen molar-refractivity contribution in [3.63, 3.8) is 0 Å². The topological polar surface area (TPSA) is 62.5 Å². The molecule has 0 aliphatic carbocycles. The third-order valence-electron chi connectivity index (χ3n) is 5.37. The van der Waals surface area contributed by atoms with E-state index in [1.54, 1.807) is 0 Å². The van der Waals surface area contributed by atoms with Gasteiger partial charge in [-0.15, -0.1) is 0 Å². The molecule has 6 nitrogen and oxygen atoms in total. The molecule has 0 spiro atoms. The Kier molecular flexibility index (Phi) is 6.34. The second-order valence-electron chi connectivity index (χ2n) is 7.74. The summed E-state index contributed by atoms with van der Waals surface area (Å²) in [5, 5.41) is 3.75. The number of hydrogen-bond donors (Lipinski definition) is 0. The fraction of sp³-hybridized carbons (Fsp3) is 0.318. The van der Waals surface area contributed by atoms with E-state index in [0.29, 0.717) is 13.1 Å². The first kappa shape index (κ1) is 23.7. The fourth-order valence-corrected chi connectivity index (χ4v) is 3.58. The van der Waals surface area contributed by atoms with Crippen LogP contribution in [0.25, 0.3) is 11.4 Å². The number of nitrogens with zero attached hydrogens (tertiary/aromatic N) is 4. The van der Waals surface area contributed by atoms with Gasteiger partial charge in [0.15, 0.2) is 0 Å². The molecule has 1 saturated heterocycles. The Labute approximate surface area is 189 Å². The number of amides is 1. The summed E-state index contributed by atoms with van der Waals surface area (Å²) in [6, 6.07) is 8.88. The van der Waals surface area contributed by atoms with Crippen molar-refractivity contribution < 1.29 is 35.7 Å². The summed E-state index contributed by atoms with van der Waals surface area (Å²) in [5.41, 5.74) is -1.57. The number of carbonyl (C=O) groups is 1. The van der Waals surface area contributed by atoms with Crippen molar-refractivity contribution in [2.24, 2.45) is 0 Å². The number of halogens is 6. The normalized spacial score (nSPS) is 15.5.